The topological polar surface area (TPSA) is 151 Å². The van der Waals surface area contributed by atoms with E-state index in [4.69, 9.17) is 28.3 Å². The molecule has 2 fully saturated rings. The maximum absolute atomic E-state index is 13.2. The Balaban J connectivity index is 0.000000179. The minimum absolute atomic E-state index is 0.0953. The molecule has 0 aliphatic carbocycles. The standard InChI is InChI=1S/C20H22ClN5O.C19H20ClN5O.CH4O/c1-25-10-11-26(19-13-17(23-24-19)15-6-8-22-9-7-15)20(27)18(25)12-14-2-4-16(21)5-3-14;20-15-3-1-13(2-4-15)11-17-19(26)25(10-9-22-17)18-12-16(23-24-18)14-5-7-21-8-6-14;1-2/h2-9,18-19,24H,10-13H2,1H3;1-8,17-18,22,24H,9-12H2;2H,1H3/t18-,19?;17-,18?;/m00./s1. The number of carbonyl (C=O) groups excluding carboxylic acids is 2. The highest BCUT2D eigenvalue weighted by atomic mass is 35.5. The lowest BCUT2D eigenvalue weighted by molar-refractivity contribution is -0.144. The summed E-state index contributed by atoms with van der Waals surface area (Å²) >= 11 is 11.9. The predicted octanol–water partition coefficient (Wildman–Crippen LogP) is 3.55. The Hall–Kier alpha value is -4.92. The number of hydrogen-bond donors (Lipinski definition) is 4. The Morgan fingerprint density at radius 2 is 1.13 bits per heavy atom. The summed E-state index contributed by atoms with van der Waals surface area (Å²) in [6.45, 7) is 2.98. The highest BCUT2D eigenvalue weighted by molar-refractivity contribution is 6.30. The lowest BCUT2D eigenvalue weighted by atomic mass is 10.0. The number of aliphatic hydroxyl groups excluding tert-OH is 1. The van der Waals surface area contributed by atoms with E-state index in [0.717, 1.165) is 53.9 Å². The van der Waals surface area contributed by atoms with E-state index in [2.05, 4.69) is 41.2 Å². The number of aliphatic hydroxyl groups is 1. The van der Waals surface area contributed by atoms with E-state index < -0.39 is 0 Å². The van der Waals surface area contributed by atoms with Crippen molar-refractivity contribution >= 4 is 46.4 Å². The summed E-state index contributed by atoms with van der Waals surface area (Å²) in [5.41, 5.74) is 12.5. The molecule has 15 heteroatoms. The molecule has 8 rings (SSSR count). The number of benzene rings is 2. The number of rotatable bonds is 8. The van der Waals surface area contributed by atoms with Gasteiger partial charge in [0.15, 0.2) is 0 Å². The Labute approximate surface area is 331 Å². The minimum Gasteiger partial charge on any atom is -0.400 e. The lowest BCUT2D eigenvalue weighted by Crippen LogP contribution is -2.60. The van der Waals surface area contributed by atoms with Gasteiger partial charge >= 0.3 is 0 Å². The van der Waals surface area contributed by atoms with Crippen molar-refractivity contribution in [3.63, 3.8) is 0 Å². The maximum Gasteiger partial charge on any atom is 0.241 e. The van der Waals surface area contributed by atoms with Crippen LogP contribution in [-0.4, -0.2) is 118 Å². The highest BCUT2D eigenvalue weighted by Gasteiger charge is 2.38. The fourth-order valence-electron chi connectivity index (χ4n) is 7.06. The fraction of sp³-hybridized carbons (Fsp3) is 0.350. The predicted molar refractivity (Wildman–Crippen MR) is 215 cm³/mol. The van der Waals surface area contributed by atoms with Gasteiger partial charge in [-0.15, -0.1) is 0 Å². The number of piperazine rings is 2. The Kier molecular flexibility index (Phi) is 13.8. The van der Waals surface area contributed by atoms with Crippen molar-refractivity contribution in [2.24, 2.45) is 10.2 Å². The summed E-state index contributed by atoms with van der Waals surface area (Å²) in [6.07, 6.45) is 9.55. The summed E-state index contributed by atoms with van der Waals surface area (Å²) < 4.78 is 0. The maximum atomic E-state index is 13.2. The molecule has 0 radical (unpaired) electrons. The molecule has 2 aromatic carbocycles. The number of halogens is 2. The van der Waals surface area contributed by atoms with Crippen molar-refractivity contribution in [1.29, 1.82) is 0 Å². The van der Waals surface area contributed by atoms with Crippen LogP contribution in [0, 0.1) is 0 Å². The fourth-order valence-corrected chi connectivity index (χ4v) is 7.31. The quantitative estimate of drug-likeness (QED) is 0.211. The van der Waals surface area contributed by atoms with E-state index in [0.29, 0.717) is 48.8 Å². The van der Waals surface area contributed by atoms with Crippen molar-refractivity contribution in [2.45, 2.75) is 50.1 Å². The van der Waals surface area contributed by atoms with Crippen molar-refractivity contribution in [2.75, 3.05) is 40.3 Å². The van der Waals surface area contributed by atoms with E-state index in [1.54, 1.807) is 24.8 Å². The van der Waals surface area contributed by atoms with E-state index in [1.807, 2.05) is 89.6 Å². The van der Waals surface area contributed by atoms with Gasteiger partial charge in [-0.1, -0.05) is 47.5 Å². The Bertz CT molecular complexity index is 1930. The smallest absolute Gasteiger partial charge is 0.241 e. The van der Waals surface area contributed by atoms with Crippen molar-refractivity contribution < 1.29 is 14.7 Å². The molecule has 2 saturated heterocycles. The third-order valence-electron chi connectivity index (χ3n) is 10.1. The van der Waals surface area contributed by atoms with Crippen LogP contribution in [0.15, 0.2) is 108 Å². The molecule has 2 aromatic heterocycles. The number of nitrogens with zero attached hydrogens (tertiary/aromatic N) is 7. The lowest BCUT2D eigenvalue weighted by Gasteiger charge is -2.41. The van der Waals surface area contributed by atoms with Gasteiger partial charge in [0.25, 0.3) is 0 Å². The molecule has 4 aliphatic heterocycles. The van der Waals surface area contributed by atoms with Gasteiger partial charge in [-0.25, -0.2) is 0 Å². The van der Waals surface area contributed by atoms with Crippen LogP contribution < -0.4 is 16.2 Å². The van der Waals surface area contributed by atoms with Crippen LogP contribution in [0.4, 0.5) is 0 Å². The van der Waals surface area contributed by atoms with E-state index >= 15 is 0 Å². The van der Waals surface area contributed by atoms with Gasteiger partial charge in [0.2, 0.25) is 11.8 Å². The normalized spacial score (nSPS) is 22.3. The first-order valence-electron chi connectivity index (χ1n) is 18.3. The number of hydrogen-bond acceptors (Lipinski definition) is 11. The van der Waals surface area contributed by atoms with E-state index in [1.165, 1.54) is 0 Å². The molecular formula is C40H46Cl2N10O3. The summed E-state index contributed by atoms with van der Waals surface area (Å²) in [4.78, 5) is 40.2. The van der Waals surface area contributed by atoms with E-state index in [-0.39, 0.29) is 36.2 Å². The van der Waals surface area contributed by atoms with Crippen LogP contribution in [-0.2, 0) is 22.4 Å². The first-order valence-corrected chi connectivity index (χ1v) is 19.0. The number of nitrogens with one attached hydrogen (secondary N) is 3. The largest absolute Gasteiger partial charge is 0.400 e. The summed E-state index contributed by atoms with van der Waals surface area (Å²) in [5, 5.41) is 20.6. The molecule has 0 bridgehead atoms. The first-order chi connectivity index (χ1) is 26.8. The van der Waals surface area contributed by atoms with Crippen LogP contribution in [0.3, 0.4) is 0 Å². The summed E-state index contributed by atoms with van der Waals surface area (Å²) in [7, 11) is 3.01. The highest BCUT2D eigenvalue weighted by Crippen LogP contribution is 2.23. The second-order valence-corrected chi connectivity index (χ2v) is 14.4. The number of aromatic nitrogens is 2. The average molecular weight is 786 g/mol. The monoisotopic (exact) mass is 784 g/mol. The molecule has 55 heavy (non-hydrogen) atoms. The molecular weight excluding hydrogens is 739 g/mol. The number of carbonyl (C=O) groups is 2. The molecule has 4 aromatic rings. The van der Waals surface area contributed by atoms with Crippen LogP contribution in [0.1, 0.15) is 35.1 Å². The van der Waals surface area contributed by atoms with Crippen LogP contribution in [0.2, 0.25) is 10.0 Å². The average Bonchev–Trinajstić information content (AvgIpc) is 3.92. The van der Waals surface area contributed by atoms with Gasteiger partial charge in [-0.05, 0) is 79.5 Å². The van der Waals surface area contributed by atoms with E-state index in [9.17, 15) is 9.59 Å². The van der Waals surface area contributed by atoms with Gasteiger partial charge in [0.1, 0.15) is 12.3 Å². The van der Waals surface area contributed by atoms with Crippen molar-refractivity contribution in [1.82, 2.24) is 40.8 Å². The Morgan fingerprint density at radius 1 is 0.655 bits per heavy atom. The van der Waals surface area contributed by atoms with Gasteiger partial charge in [0.05, 0.1) is 23.5 Å². The molecule has 2 amide bonds. The molecule has 2 unspecified atom stereocenters. The molecule has 6 heterocycles. The SMILES string of the molecule is CN1CCN(C2CC(c3ccncc3)=NN2)C(=O)[C@@H]1Cc1ccc(Cl)cc1.CO.O=C1[C@H](Cc2ccc(Cl)cc2)NCCN1C1CC(c2ccncc2)=NN1. The molecule has 4 N–H and O–H groups in total. The number of likely N-dealkylation sites (N-methyl/N-ethyl adjacent to an activating group) is 1. The Morgan fingerprint density at radius 3 is 1.64 bits per heavy atom. The molecule has 4 atom stereocenters. The number of hydrazone groups is 2. The first kappa shape index (κ1) is 39.8. The van der Waals surface area contributed by atoms with Crippen molar-refractivity contribution in [3.8, 4) is 0 Å². The second-order valence-electron chi connectivity index (χ2n) is 13.5. The van der Waals surface area contributed by atoms with Gasteiger partial charge in [0, 0.05) is 92.1 Å². The van der Waals surface area contributed by atoms with Crippen LogP contribution >= 0.6 is 23.2 Å². The zero-order valence-corrected chi connectivity index (χ0v) is 32.4. The van der Waals surface area contributed by atoms with Gasteiger partial charge in [-0.2, -0.15) is 10.2 Å². The molecule has 288 valence electrons. The third-order valence-corrected chi connectivity index (χ3v) is 10.6. The third kappa shape index (κ3) is 10.0. The molecule has 0 spiro atoms. The van der Waals surface area contributed by atoms with Gasteiger partial charge in [-0.3, -0.25) is 35.3 Å². The second kappa shape index (κ2) is 19.1. The van der Waals surface area contributed by atoms with Crippen LogP contribution in [0.5, 0.6) is 0 Å². The van der Waals surface area contributed by atoms with Crippen LogP contribution in [0.25, 0.3) is 0 Å². The number of pyridine rings is 2. The molecule has 13 nitrogen and oxygen atoms in total. The molecule has 0 saturated carbocycles. The van der Waals surface area contributed by atoms with Gasteiger partial charge < -0.3 is 20.2 Å². The number of amides is 2. The zero-order valence-electron chi connectivity index (χ0n) is 30.9. The summed E-state index contributed by atoms with van der Waals surface area (Å²) in [6, 6.07) is 22.7. The molecule has 4 aliphatic rings. The minimum atomic E-state index is -0.225. The van der Waals surface area contributed by atoms with Crippen molar-refractivity contribution in [3.05, 3.63) is 130 Å². The zero-order chi connectivity index (χ0) is 38.7. The summed E-state index contributed by atoms with van der Waals surface area (Å²) in [5.74, 6) is 0.247.